The molecule has 2 aromatic rings. The number of anilines is 3. The van der Waals surface area contributed by atoms with Gasteiger partial charge in [0.1, 0.15) is 0 Å². The summed E-state index contributed by atoms with van der Waals surface area (Å²) < 4.78 is 0. The zero-order chi connectivity index (χ0) is 25.7. The van der Waals surface area contributed by atoms with E-state index in [0.717, 1.165) is 0 Å². The lowest BCUT2D eigenvalue weighted by Gasteiger charge is -2.16. The average molecular weight is 496 g/mol. The van der Waals surface area contributed by atoms with Crippen LogP contribution in [0.4, 0.5) is 17.1 Å². The van der Waals surface area contributed by atoms with Crippen molar-refractivity contribution in [3.63, 3.8) is 0 Å². The van der Waals surface area contributed by atoms with Crippen molar-refractivity contribution in [2.75, 3.05) is 15.1 Å². The number of rotatable bonds is 4. The highest BCUT2D eigenvalue weighted by Crippen LogP contribution is 2.39. The van der Waals surface area contributed by atoms with Crippen LogP contribution in [0.25, 0.3) is 0 Å². The SMILES string of the molecule is O=C(Nc1ccc(N2C(=O)C3CC=CCC3C2=O)cc1)c1ccc(N2C(=O)C3CC=CCC3C2=O)cc1. The summed E-state index contributed by atoms with van der Waals surface area (Å²) >= 11 is 0. The Balaban J connectivity index is 1.13. The number of carbonyl (C=O) groups is 5. The zero-order valence-corrected chi connectivity index (χ0v) is 20.0. The zero-order valence-electron chi connectivity index (χ0n) is 20.0. The molecule has 2 heterocycles. The highest BCUT2D eigenvalue weighted by molar-refractivity contribution is 6.23. The number of hydrogen-bond acceptors (Lipinski definition) is 5. The maximum absolute atomic E-state index is 12.8. The lowest BCUT2D eigenvalue weighted by molar-refractivity contribution is -0.124. The van der Waals surface area contributed by atoms with E-state index in [1.54, 1.807) is 48.5 Å². The van der Waals surface area contributed by atoms with Crippen LogP contribution in [0.1, 0.15) is 36.0 Å². The minimum Gasteiger partial charge on any atom is -0.322 e. The molecule has 0 radical (unpaired) electrons. The van der Waals surface area contributed by atoms with Crippen LogP contribution in [0.15, 0.2) is 72.8 Å². The summed E-state index contributed by atoms with van der Waals surface area (Å²) in [6.45, 7) is 0. The topological polar surface area (TPSA) is 104 Å². The lowest BCUT2D eigenvalue weighted by Crippen LogP contribution is -2.31. The molecule has 186 valence electrons. The fourth-order valence-electron chi connectivity index (χ4n) is 5.77. The Labute approximate surface area is 213 Å². The molecule has 1 N–H and O–H groups in total. The van der Waals surface area contributed by atoms with Gasteiger partial charge >= 0.3 is 0 Å². The molecule has 8 nitrogen and oxygen atoms in total. The van der Waals surface area contributed by atoms with E-state index in [1.807, 2.05) is 24.3 Å². The van der Waals surface area contributed by atoms with Gasteiger partial charge in [-0.25, -0.2) is 0 Å². The molecule has 2 aromatic carbocycles. The van der Waals surface area contributed by atoms with Crippen LogP contribution in [0, 0.1) is 23.7 Å². The molecular weight excluding hydrogens is 470 g/mol. The second-order valence-electron chi connectivity index (χ2n) is 9.88. The molecule has 2 fully saturated rings. The number of amides is 5. The smallest absolute Gasteiger partial charge is 0.255 e. The van der Waals surface area contributed by atoms with E-state index in [9.17, 15) is 24.0 Å². The largest absolute Gasteiger partial charge is 0.322 e. The first-order chi connectivity index (χ1) is 17.9. The maximum Gasteiger partial charge on any atom is 0.255 e. The fraction of sp³-hybridized carbons (Fsp3) is 0.276. The van der Waals surface area contributed by atoms with Crippen molar-refractivity contribution < 1.29 is 24.0 Å². The van der Waals surface area contributed by atoms with Crippen LogP contribution < -0.4 is 15.1 Å². The Morgan fingerprint density at radius 1 is 0.568 bits per heavy atom. The van der Waals surface area contributed by atoms with Gasteiger partial charge in [0, 0.05) is 11.3 Å². The third-order valence-corrected chi connectivity index (χ3v) is 7.79. The Hall–Kier alpha value is -4.33. The summed E-state index contributed by atoms with van der Waals surface area (Å²) in [6, 6.07) is 13.0. The molecule has 8 heteroatoms. The van der Waals surface area contributed by atoms with Crippen molar-refractivity contribution >= 4 is 46.6 Å². The Kier molecular flexibility index (Phi) is 5.59. The van der Waals surface area contributed by atoms with Gasteiger partial charge in [0.15, 0.2) is 0 Å². The monoisotopic (exact) mass is 495 g/mol. The number of carbonyl (C=O) groups excluding carboxylic acids is 5. The van der Waals surface area contributed by atoms with Gasteiger partial charge in [-0.05, 0) is 74.2 Å². The number of fused-ring (bicyclic) bond motifs is 2. The Morgan fingerprint density at radius 2 is 0.919 bits per heavy atom. The molecule has 4 unspecified atom stereocenters. The molecule has 4 atom stereocenters. The van der Waals surface area contributed by atoms with Gasteiger partial charge < -0.3 is 5.32 Å². The van der Waals surface area contributed by atoms with E-state index < -0.39 is 0 Å². The standard InChI is InChI=1S/C29H25N3O5/c33-25(17-9-13-19(14-10-17)31-26(34)21-5-1-2-6-22(21)27(31)35)30-18-11-15-20(16-12-18)32-28(36)23-7-3-4-8-24(23)29(32)37/h1-4,9-16,21-24H,5-8H2,(H,30,33). The van der Waals surface area contributed by atoms with Gasteiger partial charge in [-0.15, -0.1) is 0 Å². The highest BCUT2D eigenvalue weighted by atomic mass is 16.2. The van der Waals surface area contributed by atoms with Crippen molar-refractivity contribution in [1.29, 1.82) is 0 Å². The molecule has 4 aliphatic rings. The summed E-state index contributed by atoms with van der Waals surface area (Å²) in [4.78, 5) is 66.4. The van der Waals surface area contributed by atoms with Gasteiger partial charge in [0.05, 0.1) is 35.0 Å². The second-order valence-corrected chi connectivity index (χ2v) is 9.88. The normalized spacial score (nSPS) is 26.5. The minimum absolute atomic E-state index is 0.179. The van der Waals surface area contributed by atoms with Crippen molar-refractivity contribution in [2.45, 2.75) is 25.7 Å². The van der Waals surface area contributed by atoms with Gasteiger partial charge in [0.25, 0.3) is 5.91 Å². The van der Waals surface area contributed by atoms with Crippen LogP contribution in [-0.2, 0) is 19.2 Å². The van der Waals surface area contributed by atoms with E-state index in [-0.39, 0.29) is 53.2 Å². The molecular formula is C29H25N3O5. The summed E-state index contributed by atoms with van der Waals surface area (Å²) in [6.07, 6.45) is 10.1. The van der Waals surface area contributed by atoms with Gasteiger partial charge in [-0.3, -0.25) is 33.8 Å². The van der Waals surface area contributed by atoms with Crippen LogP contribution in [0.5, 0.6) is 0 Å². The average Bonchev–Trinajstić information content (AvgIpc) is 3.34. The Bertz CT molecular complexity index is 1320. The van der Waals surface area contributed by atoms with Crippen LogP contribution in [-0.4, -0.2) is 29.5 Å². The predicted octanol–water partition coefficient (Wildman–Crippen LogP) is 3.85. The number of hydrogen-bond donors (Lipinski definition) is 1. The van der Waals surface area contributed by atoms with E-state index in [1.165, 1.54) is 9.80 Å². The summed E-state index contributed by atoms with van der Waals surface area (Å²) in [5.41, 5.74) is 1.83. The van der Waals surface area contributed by atoms with Crippen molar-refractivity contribution in [1.82, 2.24) is 0 Å². The number of nitrogens with zero attached hydrogens (tertiary/aromatic N) is 2. The number of imide groups is 2. The number of allylic oxidation sites excluding steroid dienone is 4. The molecule has 0 aromatic heterocycles. The first kappa shape index (κ1) is 23.1. The molecule has 2 saturated heterocycles. The van der Waals surface area contributed by atoms with E-state index >= 15 is 0 Å². The molecule has 37 heavy (non-hydrogen) atoms. The van der Waals surface area contributed by atoms with Gasteiger partial charge in [-0.2, -0.15) is 0 Å². The number of benzene rings is 2. The fourth-order valence-corrected chi connectivity index (χ4v) is 5.77. The molecule has 0 bridgehead atoms. The van der Waals surface area contributed by atoms with E-state index in [2.05, 4.69) is 5.32 Å². The highest BCUT2D eigenvalue weighted by Gasteiger charge is 2.48. The third kappa shape index (κ3) is 3.80. The van der Waals surface area contributed by atoms with E-state index in [0.29, 0.717) is 48.3 Å². The maximum atomic E-state index is 12.8. The van der Waals surface area contributed by atoms with Crippen LogP contribution in [0.2, 0.25) is 0 Å². The summed E-state index contributed by atoms with van der Waals surface area (Å²) in [5, 5.41) is 2.80. The Morgan fingerprint density at radius 3 is 1.30 bits per heavy atom. The summed E-state index contributed by atoms with van der Waals surface area (Å²) in [7, 11) is 0. The molecule has 5 amide bonds. The number of nitrogens with one attached hydrogen (secondary N) is 1. The van der Waals surface area contributed by atoms with Crippen LogP contribution >= 0.6 is 0 Å². The third-order valence-electron chi connectivity index (χ3n) is 7.79. The van der Waals surface area contributed by atoms with Crippen molar-refractivity contribution in [3.8, 4) is 0 Å². The molecule has 0 spiro atoms. The molecule has 2 aliphatic carbocycles. The first-order valence-electron chi connectivity index (χ1n) is 12.5. The second kappa shape index (κ2) is 8.96. The molecule has 6 rings (SSSR count). The molecule has 2 aliphatic heterocycles. The first-order valence-corrected chi connectivity index (χ1v) is 12.5. The van der Waals surface area contributed by atoms with Crippen molar-refractivity contribution in [2.24, 2.45) is 23.7 Å². The minimum atomic E-state index is -0.360. The molecule has 0 saturated carbocycles. The quantitative estimate of drug-likeness (QED) is 0.513. The predicted molar refractivity (Wildman–Crippen MR) is 137 cm³/mol. The van der Waals surface area contributed by atoms with Gasteiger partial charge in [-0.1, -0.05) is 24.3 Å². The van der Waals surface area contributed by atoms with Crippen LogP contribution in [0.3, 0.4) is 0 Å². The van der Waals surface area contributed by atoms with E-state index in [4.69, 9.17) is 0 Å². The summed E-state index contributed by atoms with van der Waals surface area (Å²) in [5.74, 6) is -2.32. The van der Waals surface area contributed by atoms with Crippen molar-refractivity contribution in [3.05, 3.63) is 78.4 Å². The van der Waals surface area contributed by atoms with Gasteiger partial charge in [0.2, 0.25) is 23.6 Å². The lowest BCUT2D eigenvalue weighted by atomic mass is 9.85.